The number of hydrogen-bond donors (Lipinski definition) is 2. The number of carbonyl (C=O) groups is 2. The SMILES string of the molecule is O=C(O)c1csc(C(=O)NCCc2cccs2)n1. The zero-order chi connectivity index (χ0) is 13.0. The number of carboxylic acids is 1. The Morgan fingerprint density at radius 2 is 2.22 bits per heavy atom. The van der Waals surface area contributed by atoms with Crippen LogP contribution in [-0.4, -0.2) is 28.5 Å². The molecule has 0 bridgehead atoms. The predicted octanol–water partition coefficient (Wildman–Crippen LogP) is 1.88. The first-order valence-corrected chi connectivity index (χ1v) is 6.92. The summed E-state index contributed by atoms with van der Waals surface area (Å²) in [6.07, 6.45) is 0.764. The number of carboxylic acid groups (broad SMARTS) is 1. The number of hydrogen-bond acceptors (Lipinski definition) is 5. The summed E-state index contributed by atoms with van der Waals surface area (Å²) in [7, 11) is 0. The van der Waals surface area contributed by atoms with E-state index >= 15 is 0 Å². The van der Waals surface area contributed by atoms with E-state index in [0.717, 1.165) is 17.8 Å². The van der Waals surface area contributed by atoms with Crippen LogP contribution in [0.15, 0.2) is 22.9 Å². The van der Waals surface area contributed by atoms with Gasteiger partial charge in [0.1, 0.15) is 0 Å². The Bertz CT molecular complexity index is 548. The molecule has 0 aliphatic rings. The molecule has 0 aliphatic heterocycles. The summed E-state index contributed by atoms with van der Waals surface area (Å²) >= 11 is 2.67. The van der Waals surface area contributed by atoms with Crippen LogP contribution in [0.4, 0.5) is 0 Å². The Hall–Kier alpha value is -1.73. The maximum Gasteiger partial charge on any atom is 0.355 e. The van der Waals surface area contributed by atoms with Gasteiger partial charge in [0.15, 0.2) is 10.7 Å². The molecule has 2 aromatic heterocycles. The summed E-state index contributed by atoms with van der Waals surface area (Å²) in [4.78, 5) is 27.2. The third-order valence-electron chi connectivity index (χ3n) is 2.15. The summed E-state index contributed by atoms with van der Waals surface area (Å²) in [6, 6.07) is 3.96. The number of aromatic nitrogens is 1. The van der Waals surface area contributed by atoms with Crippen molar-refractivity contribution in [3.8, 4) is 0 Å². The van der Waals surface area contributed by atoms with Gasteiger partial charge in [-0.05, 0) is 17.9 Å². The van der Waals surface area contributed by atoms with Gasteiger partial charge in [0, 0.05) is 16.8 Å². The summed E-state index contributed by atoms with van der Waals surface area (Å²) in [5.41, 5.74) is -0.0941. The minimum Gasteiger partial charge on any atom is -0.476 e. The van der Waals surface area contributed by atoms with E-state index in [4.69, 9.17) is 5.11 Å². The second-order valence-corrected chi connectivity index (χ2v) is 5.32. The molecule has 2 rings (SSSR count). The number of amides is 1. The van der Waals surface area contributed by atoms with Gasteiger partial charge in [0.2, 0.25) is 0 Å². The van der Waals surface area contributed by atoms with E-state index in [1.54, 1.807) is 11.3 Å². The normalized spacial score (nSPS) is 10.2. The Balaban J connectivity index is 1.85. The van der Waals surface area contributed by atoms with Crippen LogP contribution < -0.4 is 5.32 Å². The topological polar surface area (TPSA) is 79.3 Å². The Kier molecular flexibility index (Phi) is 4.06. The van der Waals surface area contributed by atoms with Crippen LogP contribution in [0.2, 0.25) is 0 Å². The Morgan fingerprint density at radius 3 is 2.83 bits per heavy atom. The van der Waals surface area contributed by atoms with Crippen molar-refractivity contribution in [2.45, 2.75) is 6.42 Å². The van der Waals surface area contributed by atoms with Crippen LogP contribution in [0.3, 0.4) is 0 Å². The van der Waals surface area contributed by atoms with Crippen LogP contribution in [0, 0.1) is 0 Å². The molecule has 1 amide bonds. The van der Waals surface area contributed by atoms with Crippen molar-refractivity contribution in [2.24, 2.45) is 0 Å². The summed E-state index contributed by atoms with van der Waals surface area (Å²) in [6.45, 7) is 0.515. The number of aromatic carboxylic acids is 1. The van der Waals surface area contributed by atoms with Gasteiger partial charge >= 0.3 is 5.97 Å². The van der Waals surface area contributed by atoms with Crippen molar-refractivity contribution in [3.63, 3.8) is 0 Å². The van der Waals surface area contributed by atoms with Crippen molar-refractivity contribution in [1.82, 2.24) is 10.3 Å². The first kappa shape index (κ1) is 12.7. The summed E-state index contributed by atoms with van der Waals surface area (Å²) < 4.78 is 0. The van der Waals surface area contributed by atoms with Gasteiger partial charge in [0.05, 0.1) is 0 Å². The molecule has 0 aliphatic carbocycles. The van der Waals surface area contributed by atoms with Gasteiger partial charge in [-0.2, -0.15) is 0 Å². The molecule has 0 unspecified atom stereocenters. The molecule has 0 saturated heterocycles. The minimum absolute atomic E-state index is 0.0941. The lowest BCUT2D eigenvalue weighted by atomic mass is 10.3. The monoisotopic (exact) mass is 282 g/mol. The molecule has 18 heavy (non-hydrogen) atoms. The fourth-order valence-electron chi connectivity index (χ4n) is 1.31. The summed E-state index contributed by atoms with van der Waals surface area (Å²) in [5, 5.41) is 14.9. The number of nitrogens with zero attached hydrogens (tertiary/aromatic N) is 1. The zero-order valence-electron chi connectivity index (χ0n) is 9.25. The molecule has 0 aromatic carbocycles. The van der Waals surface area contributed by atoms with Gasteiger partial charge < -0.3 is 10.4 Å². The highest BCUT2D eigenvalue weighted by Crippen LogP contribution is 2.10. The number of nitrogens with one attached hydrogen (secondary N) is 1. The molecule has 0 spiro atoms. The van der Waals surface area contributed by atoms with Crippen LogP contribution in [0.5, 0.6) is 0 Å². The van der Waals surface area contributed by atoms with E-state index in [1.807, 2.05) is 17.5 Å². The smallest absolute Gasteiger partial charge is 0.355 e. The molecule has 2 heterocycles. The van der Waals surface area contributed by atoms with E-state index in [0.29, 0.717) is 6.54 Å². The fourth-order valence-corrected chi connectivity index (χ4v) is 2.72. The average molecular weight is 282 g/mol. The number of rotatable bonds is 5. The summed E-state index contributed by atoms with van der Waals surface area (Å²) in [5.74, 6) is -1.45. The lowest BCUT2D eigenvalue weighted by molar-refractivity contribution is 0.0691. The zero-order valence-corrected chi connectivity index (χ0v) is 10.9. The highest BCUT2D eigenvalue weighted by molar-refractivity contribution is 7.11. The minimum atomic E-state index is -1.12. The lowest BCUT2D eigenvalue weighted by Gasteiger charge is -2.00. The van der Waals surface area contributed by atoms with Crippen molar-refractivity contribution < 1.29 is 14.7 Å². The van der Waals surface area contributed by atoms with Crippen LogP contribution in [-0.2, 0) is 6.42 Å². The van der Waals surface area contributed by atoms with E-state index in [9.17, 15) is 9.59 Å². The molecule has 7 heteroatoms. The quantitative estimate of drug-likeness (QED) is 0.877. The average Bonchev–Trinajstić information content (AvgIpc) is 2.99. The molecule has 0 fully saturated rings. The van der Waals surface area contributed by atoms with Crippen LogP contribution in [0.1, 0.15) is 25.2 Å². The molecule has 0 saturated carbocycles. The largest absolute Gasteiger partial charge is 0.476 e. The van der Waals surface area contributed by atoms with Gasteiger partial charge in [-0.25, -0.2) is 9.78 Å². The maximum atomic E-state index is 11.7. The van der Waals surface area contributed by atoms with E-state index in [1.165, 1.54) is 10.3 Å². The lowest BCUT2D eigenvalue weighted by Crippen LogP contribution is -2.25. The van der Waals surface area contributed by atoms with Crippen molar-refractivity contribution in [3.05, 3.63) is 38.5 Å². The van der Waals surface area contributed by atoms with Crippen molar-refractivity contribution in [2.75, 3.05) is 6.54 Å². The second kappa shape index (κ2) is 5.74. The third-order valence-corrected chi connectivity index (χ3v) is 3.93. The van der Waals surface area contributed by atoms with Gasteiger partial charge in [-0.3, -0.25) is 4.79 Å². The highest BCUT2D eigenvalue weighted by atomic mass is 32.1. The fraction of sp³-hybridized carbons (Fsp3) is 0.182. The van der Waals surface area contributed by atoms with Gasteiger partial charge in [-0.1, -0.05) is 6.07 Å². The van der Waals surface area contributed by atoms with E-state index in [-0.39, 0.29) is 16.6 Å². The molecule has 5 nitrogen and oxygen atoms in total. The highest BCUT2D eigenvalue weighted by Gasteiger charge is 2.14. The van der Waals surface area contributed by atoms with Crippen molar-refractivity contribution in [1.29, 1.82) is 0 Å². The third kappa shape index (κ3) is 3.14. The first-order valence-electron chi connectivity index (χ1n) is 5.16. The molecular formula is C11H10N2O3S2. The van der Waals surface area contributed by atoms with Crippen molar-refractivity contribution >= 4 is 34.6 Å². The Labute approximate surface area is 111 Å². The molecular weight excluding hydrogens is 272 g/mol. The van der Waals surface area contributed by atoms with E-state index in [2.05, 4.69) is 10.3 Å². The molecule has 0 radical (unpaired) electrons. The van der Waals surface area contributed by atoms with Crippen LogP contribution in [0.25, 0.3) is 0 Å². The molecule has 2 N–H and O–H groups in total. The molecule has 0 atom stereocenters. The standard InChI is InChI=1S/C11H10N2O3S2/c14-9(10-13-8(6-18-10)11(15)16)12-4-3-7-2-1-5-17-7/h1-2,5-6H,3-4H2,(H,12,14)(H,15,16). The van der Waals surface area contributed by atoms with Gasteiger partial charge in [0.25, 0.3) is 5.91 Å². The maximum absolute atomic E-state index is 11.7. The Morgan fingerprint density at radius 1 is 1.39 bits per heavy atom. The van der Waals surface area contributed by atoms with Gasteiger partial charge in [-0.15, -0.1) is 22.7 Å². The first-order chi connectivity index (χ1) is 8.66. The predicted molar refractivity (Wildman–Crippen MR) is 69.4 cm³/mol. The molecule has 2 aromatic rings. The molecule has 94 valence electrons. The van der Waals surface area contributed by atoms with E-state index < -0.39 is 5.97 Å². The number of thiazole rings is 1. The number of carbonyl (C=O) groups excluding carboxylic acids is 1. The van der Waals surface area contributed by atoms with Crippen LogP contribution >= 0.6 is 22.7 Å². The number of thiophene rings is 1. The second-order valence-electron chi connectivity index (χ2n) is 3.43.